The Balaban J connectivity index is 1.42. The lowest BCUT2D eigenvalue weighted by atomic mass is 10.2. The third kappa shape index (κ3) is 6.11. The molecule has 8 nitrogen and oxygen atoms in total. The molecule has 0 aliphatic carbocycles. The molecule has 1 heterocycles. The first-order valence-electron chi connectivity index (χ1n) is 9.32. The first-order valence-corrected chi connectivity index (χ1v) is 10.9. The van der Waals surface area contributed by atoms with Gasteiger partial charge < -0.3 is 0 Å². The average molecular weight is 417 g/mol. The summed E-state index contributed by atoms with van der Waals surface area (Å²) in [6.07, 6.45) is 0. The third-order valence-electron chi connectivity index (χ3n) is 4.64. The van der Waals surface area contributed by atoms with E-state index in [2.05, 4.69) is 10.9 Å². The quantitative estimate of drug-likeness (QED) is 0.672. The molecule has 1 aliphatic heterocycles. The Labute approximate surface area is 170 Å². The molecule has 2 amide bonds. The predicted octanol–water partition coefficient (Wildman–Crippen LogP) is 0.595. The van der Waals surface area contributed by atoms with Gasteiger partial charge in [0.15, 0.2) is 0 Å². The number of hydrogen-bond donors (Lipinski definition) is 2. The van der Waals surface area contributed by atoms with Gasteiger partial charge in [0, 0.05) is 31.7 Å². The molecule has 1 aliphatic rings. The van der Waals surface area contributed by atoms with Crippen LogP contribution in [-0.2, 0) is 20.6 Å². The molecule has 0 saturated carbocycles. The molecule has 0 spiro atoms. The van der Waals surface area contributed by atoms with Crippen LogP contribution >= 0.6 is 0 Å². The van der Waals surface area contributed by atoms with E-state index in [1.165, 1.54) is 4.31 Å². The number of nitrogens with one attached hydrogen (secondary N) is 2. The highest BCUT2D eigenvalue weighted by Gasteiger charge is 2.27. The summed E-state index contributed by atoms with van der Waals surface area (Å²) in [5.41, 5.74) is 5.97. The van der Waals surface area contributed by atoms with Crippen LogP contribution in [0.1, 0.15) is 15.9 Å². The normalized spacial score (nSPS) is 15.6. The van der Waals surface area contributed by atoms with Gasteiger partial charge in [0.2, 0.25) is 10.0 Å². The molecule has 9 heteroatoms. The first kappa shape index (κ1) is 21.0. The second-order valence-electron chi connectivity index (χ2n) is 6.79. The fraction of sp³-hybridized carbons (Fsp3) is 0.300. The van der Waals surface area contributed by atoms with E-state index in [-0.39, 0.29) is 18.2 Å². The van der Waals surface area contributed by atoms with E-state index < -0.39 is 15.9 Å². The zero-order chi connectivity index (χ0) is 20.7. The van der Waals surface area contributed by atoms with Gasteiger partial charge in [-0.25, -0.2) is 8.42 Å². The van der Waals surface area contributed by atoms with Crippen molar-refractivity contribution in [3.05, 3.63) is 71.8 Å². The van der Waals surface area contributed by atoms with Crippen molar-refractivity contribution in [1.82, 2.24) is 20.1 Å². The largest absolute Gasteiger partial charge is 0.292 e. The number of rotatable bonds is 6. The molecule has 2 aromatic rings. The van der Waals surface area contributed by atoms with Crippen LogP contribution in [0.5, 0.6) is 0 Å². The van der Waals surface area contributed by atoms with Crippen LogP contribution in [0, 0.1) is 0 Å². The van der Waals surface area contributed by atoms with Crippen molar-refractivity contribution in [2.75, 3.05) is 32.7 Å². The summed E-state index contributed by atoms with van der Waals surface area (Å²) in [4.78, 5) is 25.9. The summed E-state index contributed by atoms with van der Waals surface area (Å²) in [7, 11) is -3.39. The van der Waals surface area contributed by atoms with Gasteiger partial charge in [-0.05, 0) is 17.7 Å². The first-order chi connectivity index (χ1) is 13.9. The zero-order valence-corrected chi connectivity index (χ0v) is 16.8. The Kier molecular flexibility index (Phi) is 6.97. The smallest absolute Gasteiger partial charge is 0.269 e. The SMILES string of the molecule is O=C(CN1CCN(S(=O)(=O)Cc2ccccc2)CC1)NNC(=O)c1ccccc1. The summed E-state index contributed by atoms with van der Waals surface area (Å²) >= 11 is 0. The van der Waals surface area contributed by atoms with Crippen molar-refractivity contribution >= 4 is 21.8 Å². The molecule has 154 valence electrons. The number of hydrazine groups is 1. The van der Waals surface area contributed by atoms with Crippen molar-refractivity contribution in [3.63, 3.8) is 0 Å². The monoisotopic (exact) mass is 416 g/mol. The van der Waals surface area contributed by atoms with Gasteiger partial charge in [0.1, 0.15) is 0 Å². The highest BCUT2D eigenvalue weighted by molar-refractivity contribution is 7.88. The topological polar surface area (TPSA) is 98.8 Å². The maximum absolute atomic E-state index is 12.6. The van der Waals surface area contributed by atoms with Crippen molar-refractivity contribution in [2.24, 2.45) is 0 Å². The van der Waals surface area contributed by atoms with E-state index in [9.17, 15) is 18.0 Å². The summed E-state index contributed by atoms with van der Waals surface area (Å²) in [6.45, 7) is 1.65. The second-order valence-corrected chi connectivity index (χ2v) is 8.75. The van der Waals surface area contributed by atoms with E-state index in [1.54, 1.807) is 42.5 Å². The second kappa shape index (κ2) is 9.64. The Bertz CT molecular complexity index is 927. The molecule has 2 N–H and O–H groups in total. The molecule has 0 aromatic heterocycles. The van der Waals surface area contributed by atoms with Crippen LogP contribution < -0.4 is 10.9 Å². The molecule has 29 heavy (non-hydrogen) atoms. The van der Waals surface area contributed by atoms with Gasteiger partial charge in [-0.1, -0.05) is 48.5 Å². The number of piperazine rings is 1. The van der Waals surface area contributed by atoms with Crippen molar-refractivity contribution in [3.8, 4) is 0 Å². The summed E-state index contributed by atoms with van der Waals surface area (Å²) in [5, 5.41) is 0. The Morgan fingerprint density at radius 2 is 1.41 bits per heavy atom. The van der Waals surface area contributed by atoms with Crippen LogP contribution in [-0.4, -0.2) is 62.2 Å². The standard InChI is InChI=1S/C20H24N4O4S/c25-19(21-22-20(26)18-9-5-2-6-10-18)15-23-11-13-24(14-12-23)29(27,28)16-17-7-3-1-4-8-17/h1-10H,11-16H2,(H,21,25)(H,22,26). The van der Waals surface area contributed by atoms with Gasteiger partial charge in [0.25, 0.3) is 11.8 Å². The molecule has 2 aromatic carbocycles. The molecule has 0 radical (unpaired) electrons. The maximum atomic E-state index is 12.6. The number of benzene rings is 2. The van der Waals surface area contributed by atoms with Crippen LogP contribution in [0.4, 0.5) is 0 Å². The molecule has 0 atom stereocenters. The minimum Gasteiger partial charge on any atom is -0.292 e. The minimum absolute atomic E-state index is 0.0279. The summed E-state index contributed by atoms with van der Waals surface area (Å²) < 4.78 is 26.6. The van der Waals surface area contributed by atoms with Gasteiger partial charge in [0.05, 0.1) is 12.3 Å². The highest BCUT2D eigenvalue weighted by Crippen LogP contribution is 2.13. The van der Waals surface area contributed by atoms with E-state index >= 15 is 0 Å². The number of sulfonamides is 1. The van der Waals surface area contributed by atoms with Gasteiger partial charge in [-0.2, -0.15) is 4.31 Å². The van der Waals surface area contributed by atoms with E-state index in [0.29, 0.717) is 31.7 Å². The van der Waals surface area contributed by atoms with Gasteiger partial charge in [-0.15, -0.1) is 0 Å². The Morgan fingerprint density at radius 3 is 2.03 bits per heavy atom. The van der Waals surface area contributed by atoms with Crippen LogP contribution in [0.2, 0.25) is 0 Å². The minimum atomic E-state index is -3.39. The molecular formula is C20H24N4O4S. The van der Waals surface area contributed by atoms with Crippen LogP contribution in [0.25, 0.3) is 0 Å². The van der Waals surface area contributed by atoms with Gasteiger partial charge >= 0.3 is 0 Å². The number of carbonyl (C=O) groups is 2. The molecular weight excluding hydrogens is 392 g/mol. The Hall–Kier alpha value is -2.75. The molecule has 0 bridgehead atoms. The van der Waals surface area contributed by atoms with Gasteiger partial charge in [-0.3, -0.25) is 25.3 Å². The maximum Gasteiger partial charge on any atom is 0.269 e. The van der Waals surface area contributed by atoms with Crippen molar-refractivity contribution < 1.29 is 18.0 Å². The number of carbonyl (C=O) groups excluding carboxylic acids is 2. The summed E-state index contributed by atoms with van der Waals surface area (Å²) in [5.74, 6) is -0.773. The molecule has 1 fully saturated rings. The van der Waals surface area contributed by atoms with Crippen LogP contribution in [0.3, 0.4) is 0 Å². The number of hydrogen-bond acceptors (Lipinski definition) is 5. The van der Waals surface area contributed by atoms with E-state index in [4.69, 9.17) is 0 Å². The van der Waals surface area contributed by atoms with E-state index in [0.717, 1.165) is 5.56 Å². The zero-order valence-electron chi connectivity index (χ0n) is 16.0. The van der Waals surface area contributed by atoms with Crippen molar-refractivity contribution in [2.45, 2.75) is 5.75 Å². The van der Waals surface area contributed by atoms with Crippen molar-refractivity contribution in [1.29, 1.82) is 0 Å². The lowest BCUT2D eigenvalue weighted by molar-refractivity contribution is -0.123. The average Bonchev–Trinajstić information content (AvgIpc) is 2.73. The molecule has 1 saturated heterocycles. The summed E-state index contributed by atoms with van der Waals surface area (Å²) in [6, 6.07) is 17.6. The number of amides is 2. The van der Waals surface area contributed by atoms with Crippen LogP contribution in [0.15, 0.2) is 60.7 Å². The Morgan fingerprint density at radius 1 is 0.828 bits per heavy atom. The molecule has 3 rings (SSSR count). The van der Waals surface area contributed by atoms with E-state index in [1.807, 2.05) is 23.1 Å². The molecule has 0 unspecified atom stereocenters. The lowest BCUT2D eigenvalue weighted by Gasteiger charge is -2.33. The number of nitrogens with zero attached hydrogens (tertiary/aromatic N) is 2. The third-order valence-corrected chi connectivity index (χ3v) is 6.49. The predicted molar refractivity (Wildman–Crippen MR) is 109 cm³/mol. The highest BCUT2D eigenvalue weighted by atomic mass is 32.2. The lowest BCUT2D eigenvalue weighted by Crippen LogP contribution is -2.53. The fourth-order valence-electron chi connectivity index (χ4n) is 3.07. The fourth-order valence-corrected chi connectivity index (χ4v) is 4.59.